The molecular formula is C16H13FN2O2S. The smallest absolute Gasteiger partial charge is 0.279 e. The van der Waals surface area contributed by atoms with Crippen molar-refractivity contribution < 1.29 is 13.9 Å². The van der Waals surface area contributed by atoms with Gasteiger partial charge in [0.05, 0.1) is 17.3 Å². The Bertz CT molecular complexity index is 910. The Kier molecular flexibility index (Phi) is 3.77. The molecule has 3 aromatic rings. The van der Waals surface area contributed by atoms with E-state index in [0.29, 0.717) is 10.4 Å². The van der Waals surface area contributed by atoms with Crippen LogP contribution in [0.1, 0.15) is 10.4 Å². The molecule has 0 saturated carbocycles. The number of methoxy groups -OCH3 is 1. The highest BCUT2D eigenvalue weighted by Gasteiger charge is 2.08. The number of carbonyl (C=O) groups is 1. The molecule has 0 unspecified atom stereocenters. The first kappa shape index (κ1) is 14.5. The van der Waals surface area contributed by atoms with E-state index in [1.54, 1.807) is 7.11 Å². The van der Waals surface area contributed by atoms with E-state index in [9.17, 15) is 9.18 Å². The van der Waals surface area contributed by atoms with Gasteiger partial charge in [0.15, 0.2) is 4.80 Å². The van der Waals surface area contributed by atoms with E-state index in [0.717, 1.165) is 16.0 Å². The minimum atomic E-state index is -0.394. The Morgan fingerprint density at radius 1 is 1.23 bits per heavy atom. The van der Waals surface area contributed by atoms with Gasteiger partial charge >= 0.3 is 0 Å². The number of hydrogen-bond donors (Lipinski definition) is 0. The Hall–Kier alpha value is -2.47. The van der Waals surface area contributed by atoms with Gasteiger partial charge in [0.2, 0.25) is 0 Å². The van der Waals surface area contributed by atoms with Gasteiger partial charge in [-0.3, -0.25) is 4.79 Å². The molecule has 0 N–H and O–H groups in total. The number of nitrogens with zero attached hydrogens (tertiary/aromatic N) is 2. The maximum atomic E-state index is 12.9. The summed E-state index contributed by atoms with van der Waals surface area (Å²) in [5, 5.41) is 0. The van der Waals surface area contributed by atoms with Crippen LogP contribution in [0.4, 0.5) is 4.39 Å². The van der Waals surface area contributed by atoms with Crippen LogP contribution in [0.3, 0.4) is 0 Å². The van der Waals surface area contributed by atoms with Crippen molar-refractivity contribution in [2.45, 2.75) is 0 Å². The molecule has 0 radical (unpaired) electrons. The molecule has 6 heteroatoms. The van der Waals surface area contributed by atoms with Crippen LogP contribution in [0.5, 0.6) is 5.75 Å². The second-order valence-electron chi connectivity index (χ2n) is 4.70. The Balaban J connectivity index is 2.07. The molecule has 0 aliphatic carbocycles. The number of carbonyl (C=O) groups excluding carboxylic acids is 1. The van der Waals surface area contributed by atoms with Crippen molar-refractivity contribution in [2.75, 3.05) is 7.11 Å². The van der Waals surface area contributed by atoms with E-state index in [2.05, 4.69) is 4.99 Å². The Labute approximate surface area is 130 Å². The van der Waals surface area contributed by atoms with Gasteiger partial charge in [-0.2, -0.15) is 4.99 Å². The van der Waals surface area contributed by atoms with Crippen molar-refractivity contribution in [3.8, 4) is 5.75 Å². The molecule has 1 heterocycles. The van der Waals surface area contributed by atoms with Gasteiger partial charge in [-0.1, -0.05) is 11.3 Å². The molecule has 0 aliphatic heterocycles. The predicted molar refractivity (Wildman–Crippen MR) is 83.6 cm³/mol. The van der Waals surface area contributed by atoms with Gasteiger partial charge in [0.25, 0.3) is 5.91 Å². The third-order valence-electron chi connectivity index (χ3n) is 3.30. The maximum absolute atomic E-state index is 12.9. The van der Waals surface area contributed by atoms with Crippen molar-refractivity contribution in [3.63, 3.8) is 0 Å². The van der Waals surface area contributed by atoms with E-state index >= 15 is 0 Å². The SMILES string of the molecule is COc1ccc2c(c1)sc(=NC(=O)c1ccc(F)cc1)n2C. The molecule has 112 valence electrons. The average Bonchev–Trinajstić information content (AvgIpc) is 2.83. The van der Waals surface area contributed by atoms with Crippen molar-refractivity contribution in [1.82, 2.24) is 4.57 Å². The molecule has 0 fully saturated rings. The normalized spacial score (nSPS) is 11.9. The molecule has 22 heavy (non-hydrogen) atoms. The molecule has 0 bridgehead atoms. The number of ether oxygens (including phenoxy) is 1. The number of fused-ring (bicyclic) bond motifs is 1. The third-order valence-corrected chi connectivity index (χ3v) is 4.40. The molecule has 2 aromatic carbocycles. The van der Waals surface area contributed by atoms with E-state index in [1.165, 1.54) is 35.6 Å². The molecule has 1 amide bonds. The number of aromatic nitrogens is 1. The van der Waals surface area contributed by atoms with Crippen LogP contribution in [-0.4, -0.2) is 17.6 Å². The Morgan fingerprint density at radius 2 is 1.95 bits per heavy atom. The highest BCUT2D eigenvalue weighted by Crippen LogP contribution is 2.22. The fraction of sp³-hybridized carbons (Fsp3) is 0.125. The summed E-state index contributed by atoms with van der Waals surface area (Å²) in [6.07, 6.45) is 0. The number of amides is 1. The van der Waals surface area contributed by atoms with Gasteiger partial charge in [0, 0.05) is 12.6 Å². The summed E-state index contributed by atoms with van der Waals surface area (Å²) in [6, 6.07) is 11.0. The lowest BCUT2D eigenvalue weighted by Gasteiger charge is -1.99. The molecule has 0 saturated heterocycles. The molecule has 4 nitrogen and oxygen atoms in total. The summed E-state index contributed by atoms with van der Waals surface area (Å²) >= 11 is 1.40. The summed E-state index contributed by atoms with van der Waals surface area (Å²) in [5.74, 6) is -0.0176. The minimum absolute atomic E-state index is 0.358. The van der Waals surface area contributed by atoms with Gasteiger partial charge in [-0.05, 0) is 42.5 Å². The second-order valence-corrected chi connectivity index (χ2v) is 5.71. The highest BCUT2D eigenvalue weighted by atomic mass is 32.1. The van der Waals surface area contributed by atoms with Crippen LogP contribution >= 0.6 is 11.3 Å². The number of rotatable bonds is 2. The van der Waals surface area contributed by atoms with E-state index in [1.807, 2.05) is 29.8 Å². The number of hydrogen-bond acceptors (Lipinski definition) is 3. The molecule has 1 aromatic heterocycles. The van der Waals surface area contributed by atoms with Crippen LogP contribution in [0.15, 0.2) is 47.5 Å². The van der Waals surface area contributed by atoms with Crippen LogP contribution in [0.25, 0.3) is 10.2 Å². The predicted octanol–water partition coefficient (Wildman–Crippen LogP) is 3.13. The third kappa shape index (κ3) is 2.65. The zero-order valence-corrected chi connectivity index (χ0v) is 12.9. The number of thiazole rings is 1. The lowest BCUT2D eigenvalue weighted by Crippen LogP contribution is -2.13. The van der Waals surface area contributed by atoms with Crippen LogP contribution < -0.4 is 9.54 Å². The summed E-state index contributed by atoms with van der Waals surface area (Å²) in [5.41, 5.74) is 1.33. The zero-order valence-electron chi connectivity index (χ0n) is 12.0. The van der Waals surface area contributed by atoms with Gasteiger partial charge < -0.3 is 9.30 Å². The first-order chi connectivity index (χ1) is 10.6. The van der Waals surface area contributed by atoms with Gasteiger partial charge in [0.1, 0.15) is 11.6 Å². The Morgan fingerprint density at radius 3 is 2.64 bits per heavy atom. The van der Waals surface area contributed by atoms with Crippen molar-refractivity contribution >= 4 is 27.5 Å². The van der Waals surface area contributed by atoms with Crippen molar-refractivity contribution in [1.29, 1.82) is 0 Å². The minimum Gasteiger partial charge on any atom is -0.497 e. The van der Waals surface area contributed by atoms with Gasteiger partial charge in [-0.25, -0.2) is 4.39 Å². The van der Waals surface area contributed by atoms with E-state index in [-0.39, 0.29) is 5.82 Å². The first-order valence-electron chi connectivity index (χ1n) is 6.56. The number of halogens is 1. The monoisotopic (exact) mass is 316 g/mol. The summed E-state index contributed by atoms with van der Waals surface area (Å²) in [7, 11) is 3.46. The maximum Gasteiger partial charge on any atom is 0.279 e. The first-order valence-corrected chi connectivity index (χ1v) is 7.38. The molecular weight excluding hydrogens is 303 g/mol. The lowest BCUT2D eigenvalue weighted by molar-refractivity contribution is 0.0998. The molecule has 0 aliphatic rings. The number of benzene rings is 2. The standard InChI is InChI=1S/C16H13FN2O2S/c1-19-13-8-7-12(21-2)9-14(13)22-16(19)18-15(20)10-3-5-11(17)6-4-10/h3-9H,1-2H3. The average molecular weight is 316 g/mol. The quantitative estimate of drug-likeness (QED) is 0.729. The number of aryl methyl sites for hydroxylation is 1. The van der Waals surface area contributed by atoms with Crippen LogP contribution in [0, 0.1) is 5.82 Å². The summed E-state index contributed by atoms with van der Waals surface area (Å²) in [6.45, 7) is 0. The molecule has 3 rings (SSSR count). The van der Waals surface area contributed by atoms with Crippen molar-refractivity contribution in [2.24, 2.45) is 12.0 Å². The van der Waals surface area contributed by atoms with Crippen molar-refractivity contribution in [3.05, 3.63) is 58.6 Å². The summed E-state index contributed by atoms with van der Waals surface area (Å²) in [4.78, 5) is 16.9. The van der Waals surface area contributed by atoms with Crippen LogP contribution in [-0.2, 0) is 7.05 Å². The van der Waals surface area contributed by atoms with Crippen LogP contribution in [0.2, 0.25) is 0 Å². The van der Waals surface area contributed by atoms with E-state index in [4.69, 9.17) is 4.74 Å². The fourth-order valence-electron chi connectivity index (χ4n) is 2.09. The zero-order chi connectivity index (χ0) is 15.7. The second kappa shape index (κ2) is 5.73. The highest BCUT2D eigenvalue weighted by molar-refractivity contribution is 7.16. The fourth-order valence-corrected chi connectivity index (χ4v) is 3.14. The van der Waals surface area contributed by atoms with Gasteiger partial charge in [-0.15, -0.1) is 0 Å². The van der Waals surface area contributed by atoms with E-state index < -0.39 is 5.91 Å². The lowest BCUT2D eigenvalue weighted by atomic mass is 10.2. The molecule has 0 spiro atoms. The molecule has 0 atom stereocenters. The summed E-state index contributed by atoms with van der Waals surface area (Å²) < 4.78 is 20.9. The largest absolute Gasteiger partial charge is 0.497 e. The topological polar surface area (TPSA) is 43.6 Å².